The third-order valence-corrected chi connectivity index (χ3v) is 6.55. The summed E-state index contributed by atoms with van der Waals surface area (Å²) < 4.78 is 0. The van der Waals surface area contributed by atoms with Crippen LogP contribution in [0.25, 0.3) is 0 Å². The van der Waals surface area contributed by atoms with E-state index in [1.165, 1.54) is 50.6 Å². The van der Waals surface area contributed by atoms with Crippen molar-refractivity contribution in [3.63, 3.8) is 0 Å². The molecule has 3 fully saturated rings. The van der Waals surface area contributed by atoms with E-state index in [1.807, 2.05) is 0 Å². The molecule has 21 heavy (non-hydrogen) atoms. The second kappa shape index (κ2) is 5.43. The molecule has 1 unspecified atom stereocenters. The second-order valence-corrected chi connectivity index (χ2v) is 7.73. The largest absolute Gasteiger partial charge is 0.297 e. The van der Waals surface area contributed by atoms with Crippen LogP contribution in [0.15, 0.2) is 24.3 Å². The summed E-state index contributed by atoms with van der Waals surface area (Å²) in [6.07, 6.45) is 8.59. The van der Waals surface area contributed by atoms with Crippen LogP contribution >= 0.6 is 0 Å². The Kier molecular flexibility index (Phi) is 3.57. The van der Waals surface area contributed by atoms with Crippen molar-refractivity contribution in [1.82, 2.24) is 4.90 Å². The molecule has 3 aliphatic rings. The van der Waals surface area contributed by atoms with Gasteiger partial charge in [-0.1, -0.05) is 49.6 Å². The molecule has 0 amide bonds. The topological polar surface area (TPSA) is 3.24 Å². The Balaban J connectivity index is 1.63. The summed E-state index contributed by atoms with van der Waals surface area (Å²) in [5, 5.41) is 0. The van der Waals surface area contributed by atoms with Crippen molar-refractivity contribution in [2.75, 3.05) is 6.54 Å². The lowest BCUT2D eigenvalue weighted by Gasteiger charge is -2.43. The van der Waals surface area contributed by atoms with Gasteiger partial charge < -0.3 is 0 Å². The van der Waals surface area contributed by atoms with E-state index in [0.29, 0.717) is 0 Å². The molecule has 1 nitrogen and oxygen atoms in total. The first-order chi connectivity index (χ1) is 10.3. The molecule has 0 N–H and O–H groups in total. The number of hydrogen-bond acceptors (Lipinski definition) is 1. The number of unbranched alkanes of at least 4 members (excludes halogenated alkanes) is 1. The molecule has 0 aromatic heterocycles. The highest BCUT2D eigenvalue weighted by Gasteiger charge is 2.54. The first kappa shape index (κ1) is 13.8. The number of hydrogen-bond donors (Lipinski definition) is 0. The zero-order valence-corrected chi connectivity index (χ0v) is 13.6. The maximum atomic E-state index is 2.90. The number of rotatable bonds is 4. The Hall–Kier alpha value is -0.820. The zero-order chi connectivity index (χ0) is 14.4. The van der Waals surface area contributed by atoms with Crippen LogP contribution in [0.1, 0.15) is 62.5 Å². The summed E-state index contributed by atoms with van der Waals surface area (Å²) in [5.74, 6) is 2.76. The van der Waals surface area contributed by atoms with E-state index in [1.54, 1.807) is 5.56 Å². The van der Waals surface area contributed by atoms with E-state index in [0.717, 1.165) is 29.8 Å². The van der Waals surface area contributed by atoms with Crippen molar-refractivity contribution in [1.29, 1.82) is 0 Å². The number of nitrogens with zero attached hydrogens (tertiary/aromatic N) is 1. The quantitative estimate of drug-likeness (QED) is 0.770. The molecule has 3 heterocycles. The van der Waals surface area contributed by atoms with Crippen LogP contribution in [0.3, 0.4) is 0 Å². The third kappa shape index (κ3) is 2.25. The summed E-state index contributed by atoms with van der Waals surface area (Å²) in [6.45, 7) is 5.94. The fraction of sp³-hybridized carbons (Fsp3) is 0.700. The van der Waals surface area contributed by atoms with Crippen LogP contribution in [0.2, 0.25) is 0 Å². The third-order valence-electron chi connectivity index (χ3n) is 6.55. The maximum Gasteiger partial charge on any atom is 0.0162 e. The van der Waals surface area contributed by atoms with Gasteiger partial charge in [0, 0.05) is 12.1 Å². The van der Waals surface area contributed by atoms with Crippen molar-refractivity contribution < 1.29 is 0 Å². The van der Waals surface area contributed by atoms with E-state index in [9.17, 15) is 0 Å². The smallest absolute Gasteiger partial charge is 0.0162 e. The van der Waals surface area contributed by atoms with Gasteiger partial charge in [0.2, 0.25) is 0 Å². The fourth-order valence-corrected chi connectivity index (χ4v) is 5.62. The van der Waals surface area contributed by atoms with Gasteiger partial charge in [-0.05, 0) is 62.5 Å². The van der Waals surface area contributed by atoms with Crippen LogP contribution in [-0.2, 0) is 0 Å². The maximum absolute atomic E-state index is 2.90. The van der Waals surface area contributed by atoms with Crippen molar-refractivity contribution in [2.45, 2.75) is 70.4 Å². The molecule has 0 aliphatic carbocycles. The molecule has 0 radical (unpaired) electrons. The summed E-state index contributed by atoms with van der Waals surface area (Å²) in [5.41, 5.74) is 3.02. The molecule has 1 aromatic rings. The Morgan fingerprint density at radius 1 is 1.14 bits per heavy atom. The van der Waals surface area contributed by atoms with E-state index in [-0.39, 0.29) is 0 Å². The molecule has 1 heteroatoms. The van der Waals surface area contributed by atoms with Crippen LogP contribution < -0.4 is 0 Å². The Labute approximate surface area is 129 Å². The average molecular weight is 283 g/mol. The Bertz CT molecular complexity index is 491. The first-order valence-electron chi connectivity index (χ1n) is 9.10. The minimum Gasteiger partial charge on any atom is -0.297 e. The van der Waals surface area contributed by atoms with E-state index < -0.39 is 0 Å². The van der Waals surface area contributed by atoms with Crippen LogP contribution in [-0.4, -0.2) is 23.5 Å². The number of aryl methyl sites for hydroxylation is 1. The molecule has 4 rings (SSSR count). The van der Waals surface area contributed by atoms with E-state index in [4.69, 9.17) is 0 Å². The van der Waals surface area contributed by atoms with Gasteiger partial charge in [-0.15, -0.1) is 0 Å². The Morgan fingerprint density at radius 3 is 2.71 bits per heavy atom. The Morgan fingerprint density at radius 2 is 1.95 bits per heavy atom. The minimum atomic E-state index is 0.825. The molecular formula is C20H29N. The summed E-state index contributed by atoms with van der Waals surface area (Å²) in [6, 6.07) is 11.3. The van der Waals surface area contributed by atoms with Gasteiger partial charge in [0.1, 0.15) is 0 Å². The van der Waals surface area contributed by atoms with Crippen molar-refractivity contribution in [3.8, 4) is 0 Å². The van der Waals surface area contributed by atoms with Gasteiger partial charge in [-0.25, -0.2) is 0 Å². The fourth-order valence-electron chi connectivity index (χ4n) is 5.62. The molecule has 114 valence electrons. The summed E-state index contributed by atoms with van der Waals surface area (Å²) in [7, 11) is 0. The van der Waals surface area contributed by atoms with Crippen molar-refractivity contribution in [2.24, 2.45) is 11.8 Å². The molecule has 1 aromatic carbocycles. The zero-order valence-electron chi connectivity index (χ0n) is 13.6. The molecule has 0 saturated carbocycles. The number of benzene rings is 1. The van der Waals surface area contributed by atoms with Gasteiger partial charge in [0.05, 0.1) is 0 Å². The molecular weight excluding hydrogens is 254 g/mol. The van der Waals surface area contributed by atoms with Gasteiger partial charge in [0.15, 0.2) is 0 Å². The molecule has 3 aliphatic heterocycles. The van der Waals surface area contributed by atoms with Gasteiger partial charge in [-0.2, -0.15) is 0 Å². The lowest BCUT2D eigenvalue weighted by Crippen LogP contribution is -2.46. The predicted molar refractivity (Wildman–Crippen MR) is 88.6 cm³/mol. The van der Waals surface area contributed by atoms with Gasteiger partial charge in [0.25, 0.3) is 0 Å². The SMILES string of the molecule is CCCC[C@@H]1[C@H]2[C@@H]3CCN2[C@@H](C3)C[C@@H]1c1ccc(C)cc1. The highest BCUT2D eigenvalue weighted by molar-refractivity contribution is 5.28. The lowest BCUT2D eigenvalue weighted by molar-refractivity contribution is 0.0885. The molecule has 3 saturated heterocycles. The molecule has 6 atom stereocenters. The van der Waals surface area contributed by atoms with Crippen molar-refractivity contribution >= 4 is 0 Å². The van der Waals surface area contributed by atoms with E-state index in [2.05, 4.69) is 43.0 Å². The van der Waals surface area contributed by atoms with Gasteiger partial charge >= 0.3 is 0 Å². The standard InChI is InChI=1S/C20H29N/c1-3-4-5-18-19(15-8-6-14(2)7-9-15)13-17-12-16-10-11-21(17)20(16)18/h6-9,16-20H,3-5,10-13H2,1-2H3/t16-,17+,18+,19-,20-/m1/s1. The van der Waals surface area contributed by atoms with Crippen LogP contribution in [0.4, 0.5) is 0 Å². The second-order valence-electron chi connectivity index (χ2n) is 7.73. The summed E-state index contributed by atoms with van der Waals surface area (Å²) >= 11 is 0. The van der Waals surface area contributed by atoms with Crippen LogP contribution in [0, 0.1) is 18.8 Å². The lowest BCUT2D eigenvalue weighted by atomic mass is 9.73. The average Bonchev–Trinajstić information content (AvgIpc) is 3.02. The van der Waals surface area contributed by atoms with Crippen LogP contribution in [0.5, 0.6) is 0 Å². The molecule has 4 bridgehead atoms. The minimum absolute atomic E-state index is 0.825. The highest BCUT2D eigenvalue weighted by atomic mass is 15.3. The first-order valence-corrected chi connectivity index (χ1v) is 9.10. The molecule has 0 spiro atoms. The van der Waals surface area contributed by atoms with E-state index >= 15 is 0 Å². The normalized spacial score (nSPS) is 40.7. The summed E-state index contributed by atoms with van der Waals surface area (Å²) in [4.78, 5) is 2.90. The predicted octanol–water partition coefficient (Wildman–Crippen LogP) is 4.75. The number of piperidine rings is 2. The van der Waals surface area contributed by atoms with Crippen molar-refractivity contribution in [3.05, 3.63) is 35.4 Å². The monoisotopic (exact) mass is 283 g/mol. The highest BCUT2D eigenvalue weighted by Crippen LogP contribution is 2.54. The van der Waals surface area contributed by atoms with Gasteiger partial charge in [-0.3, -0.25) is 4.90 Å².